The Morgan fingerprint density at radius 3 is 2.71 bits per heavy atom. The molecule has 0 aromatic carbocycles. The van der Waals surface area contributed by atoms with Crippen molar-refractivity contribution in [2.24, 2.45) is 5.92 Å². The molecular weight excluding hydrogens is 246 g/mol. The summed E-state index contributed by atoms with van der Waals surface area (Å²) >= 11 is 0. The van der Waals surface area contributed by atoms with E-state index in [0.717, 1.165) is 4.31 Å². The van der Waals surface area contributed by atoms with Gasteiger partial charge in [-0.2, -0.15) is 4.31 Å². The van der Waals surface area contributed by atoms with E-state index < -0.39 is 22.0 Å². The molecule has 1 rings (SSSR count). The van der Waals surface area contributed by atoms with Crippen LogP contribution in [-0.4, -0.2) is 55.9 Å². The number of sulfonamides is 1. The number of carboxylic acids is 1. The van der Waals surface area contributed by atoms with Crippen LogP contribution in [0.1, 0.15) is 19.8 Å². The first kappa shape index (κ1) is 14.4. The molecule has 1 fully saturated rings. The normalized spacial score (nSPS) is 26.9. The van der Waals surface area contributed by atoms with Crippen LogP contribution in [0.3, 0.4) is 0 Å². The Hall–Kier alpha value is -0.660. The van der Waals surface area contributed by atoms with E-state index >= 15 is 0 Å². The zero-order valence-corrected chi connectivity index (χ0v) is 10.9. The molecule has 0 bridgehead atoms. The fourth-order valence-electron chi connectivity index (χ4n) is 1.98. The number of ether oxygens (including phenoxy) is 1. The molecule has 7 heteroatoms. The largest absolute Gasteiger partial charge is 0.480 e. The third kappa shape index (κ3) is 3.65. The number of carbonyl (C=O) groups is 1. The van der Waals surface area contributed by atoms with Gasteiger partial charge in [0.1, 0.15) is 6.04 Å². The van der Waals surface area contributed by atoms with Gasteiger partial charge in [0.25, 0.3) is 0 Å². The maximum atomic E-state index is 11.9. The number of nitrogens with zero attached hydrogens (tertiary/aromatic N) is 1. The lowest BCUT2D eigenvalue weighted by Crippen LogP contribution is -2.50. The molecule has 1 saturated heterocycles. The van der Waals surface area contributed by atoms with E-state index in [4.69, 9.17) is 9.84 Å². The second-order valence-corrected chi connectivity index (χ2v) is 6.44. The van der Waals surface area contributed by atoms with Gasteiger partial charge in [-0.25, -0.2) is 8.42 Å². The highest BCUT2D eigenvalue weighted by Gasteiger charge is 2.38. The van der Waals surface area contributed by atoms with Crippen LogP contribution in [0.15, 0.2) is 0 Å². The quantitative estimate of drug-likeness (QED) is 0.765. The lowest BCUT2D eigenvalue weighted by molar-refractivity contribution is -0.143. The number of hydrogen-bond acceptors (Lipinski definition) is 4. The molecule has 1 aliphatic heterocycles. The zero-order valence-electron chi connectivity index (χ0n) is 10.1. The van der Waals surface area contributed by atoms with Gasteiger partial charge in [0.05, 0.1) is 12.4 Å². The summed E-state index contributed by atoms with van der Waals surface area (Å²) in [5.74, 6) is -0.996. The van der Waals surface area contributed by atoms with Gasteiger partial charge in [0.15, 0.2) is 0 Å². The summed E-state index contributed by atoms with van der Waals surface area (Å²) in [6, 6.07) is -0.930. The molecule has 6 nitrogen and oxygen atoms in total. The van der Waals surface area contributed by atoms with Gasteiger partial charge in [0.2, 0.25) is 10.0 Å². The van der Waals surface area contributed by atoms with E-state index in [-0.39, 0.29) is 24.8 Å². The minimum Gasteiger partial charge on any atom is -0.480 e. The number of aliphatic carboxylic acids is 1. The van der Waals surface area contributed by atoms with Gasteiger partial charge in [-0.1, -0.05) is 6.92 Å². The Labute approximate surface area is 102 Å². The van der Waals surface area contributed by atoms with E-state index in [1.165, 1.54) is 7.11 Å². The monoisotopic (exact) mass is 265 g/mol. The maximum absolute atomic E-state index is 11.9. The number of piperidine rings is 1. The van der Waals surface area contributed by atoms with E-state index in [2.05, 4.69) is 0 Å². The predicted molar refractivity (Wildman–Crippen MR) is 62.2 cm³/mol. The minimum atomic E-state index is -3.54. The summed E-state index contributed by atoms with van der Waals surface area (Å²) in [7, 11) is -2.12. The number of methoxy groups -OCH3 is 1. The summed E-state index contributed by atoms with van der Waals surface area (Å²) in [4.78, 5) is 11.1. The lowest BCUT2D eigenvalue weighted by atomic mass is 9.94. The number of rotatable bonds is 5. The molecule has 0 aliphatic carbocycles. The highest BCUT2D eigenvalue weighted by atomic mass is 32.2. The summed E-state index contributed by atoms with van der Waals surface area (Å²) in [6.07, 6.45) is 1.08. The van der Waals surface area contributed by atoms with Crippen molar-refractivity contribution in [2.75, 3.05) is 26.0 Å². The van der Waals surface area contributed by atoms with Crippen molar-refractivity contribution in [2.45, 2.75) is 25.8 Å². The van der Waals surface area contributed by atoms with Crippen molar-refractivity contribution < 1.29 is 23.1 Å². The molecule has 1 aliphatic rings. The molecule has 0 radical (unpaired) electrons. The molecule has 2 unspecified atom stereocenters. The molecule has 0 aromatic heterocycles. The zero-order chi connectivity index (χ0) is 13.1. The van der Waals surface area contributed by atoms with Crippen LogP contribution in [0, 0.1) is 5.92 Å². The van der Waals surface area contributed by atoms with Gasteiger partial charge in [0, 0.05) is 13.7 Å². The Kier molecular flexibility index (Phi) is 4.91. The molecule has 1 N–H and O–H groups in total. The van der Waals surface area contributed by atoms with Crippen LogP contribution in [0.25, 0.3) is 0 Å². The molecular formula is C10H19NO5S. The van der Waals surface area contributed by atoms with Gasteiger partial charge in [-0.05, 0) is 18.8 Å². The standard InChI is InChI=1S/C10H19NO5S/c1-8-3-4-11(9(7-8)10(12)13)17(14,15)6-5-16-2/h8-9H,3-7H2,1-2H3,(H,12,13). The summed E-state index contributed by atoms with van der Waals surface area (Å²) in [5.41, 5.74) is 0. The Balaban J connectivity index is 2.82. The van der Waals surface area contributed by atoms with Crippen molar-refractivity contribution in [1.82, 2.24) is 4.31 Å². The van der Waals surface area contributed by atoms with Crippen LogP contribution in [0.4, 0.5) is 0 Å². The first-order chi connectivity index (χ1) is 7.88. The SMILES string of the molecule is COCCS(=O)(=O)N1CCC(C)CC1C(=O)O. The number of carboxylic acid groups (broad SMARTS) is 1. The lowest BCUT2D eigenvalue weighted by Gasteiger charge is -2.34. The van der Waals surface area contributed by atoms with Crippen molar-refractivity contribution in [3.05, 3.63) is 0 Å². The van der Waals surface area contributed by atoms with E-state index in [1.54, 1.807) is 0 Å². The van der Waals surface area contributed by atoms with Crippen molar-refractivity contribution in [1.29, 1.82) is 0 Å². The summed E-state index contributed by atoms with van der Waals surface area (Å²) in [6.45, 7) is 2.31. The summed E-state index contributed by atoms with van der Waals surface area (Å²) < 4.78 is 29.7. The highest BCUT2D eigenvalue weighted by Crippen LogP contribution is 2.25. The van der Waals surface area contributed by atoms with Crippen molar-refractivity contribution in [3.8, 4) is 0 Å². The van der Waals surface area contributed by atoms with Crippen molar-refractivity contribution >= 4 is 16.0 Å². The van der Waals surface area contributed by atoms with Gasteiger partial charge < -0.3 is 9.84 Å². The van der Waals surface area contributed by atoms with Crippen LogP contribution < -0.4 is 0 Å². The highest BCUT2D eigenvalue weighted by molar-refractivity contribution is 7.89. The Bertz CT molecular complexity index is 367. The third-order valence-electron chi connectivity index (χ3n) is 3.00. The van der Waals surface area contributed by atoms with Crippen molar-refractivity contribution in [3.63, 3.8) is 0 Å². The average Bonchev–Trinajstić information content (AvgIpc) is 2.26. The predicted octanol–water partition coefficient (Wildman–Crippen LogP) is 0.148. The Morgan fingerprint density at radius 1 is 1.53 bits per heavy atom. The smallest absolute Gasteiger partial charge is 0.322 e. The Morgan fingerprint density at radius 2 is 2.18 bits per heavy atom. The van der Waals surface area contributed by atoms with E-state index in [9.17, 15) is 13.2 Å². The molecule has 0 saturated carbocycles. The van der Waals surface area contributed by atoms with Crippen LogP contribution in [-0.2, 0) is 19.6 Å². The van der Waals surface area contributed by atoms with Gasteiger partial charge in [-0.3, -0.25) is 4.79 Å². The van der Waals surface area contributed by atoms with E-state index in [0.29, 0.717) is 12.8 Å². The van der Waals surface area contributed by atoms with Crippen LogP contribution in [0.2, 0.25) is 0 Å². The fourth-order valence-corrected chi connectivity index (χ4v) is 3.54. The maximum Gasteiger partial charge on any atom is 0.322 e. The minimum absolute atomic E-state index is 0.0841. The summed E-state index contributed by atoms with van der Waals surface area (Å²) in [5, 5.41) is 9.08. The third-order valence-corrected chi connectivity index (χ3v) is 4.84. The van der Waals surface area contributed by atoms with Gasteiger partial charge in [-0.15, -0.1) is 0 Å². The molecule has 0 spiro atoms. The molecule has 0 aromatic rings. The number of hydrogen-bond donors (Lipinski definition) is 1. The van der Waals surface area contributed by atoms with Crippen LogP contribution in [0.5, 0.6) is 0 Å². The average molecular weight is 265 g/mol. The van der Waals surface area contributed by atoms with E-state index in [1.807, 2.05) is 6.92 Å². The molecule has 17 heavy (non-hydrogen) atoms. The first-order valence-electron chi connectivity index (χ1n) is 5.59. The second kappa shape index (κ2) is 5.79. The topological polar surface area (TPSA) is 83.9 Å². The first-order valence-corrected chi connectivity index (χ1v) is 7.20. The molecule has 1 heterocycles. The molecule has 2 atom stereocenters. The molecule has 0 amide bonds. The second-order valence-electron chi connectivity index (χ2n) is 4.40. The molecule has 100 valence electrons. The van der Waals surface area contributed by atoms with Gasteiger partial charge >= 0.3 is 5.97 Å². The van der Waals surface area contributed by atoms with Crippen LogP contribution >= 0.6 is 0 Å². The fraction of sp³-hybridized carbons (Fsp3) is 0.900.